The maximum atomic E-state index is 4.02. The highest BCUT2D eigenvalue weighted by atomic mass is 79.9. The number of hydrogen-bond donors (Lipinski definition) is 0. The number of rotatable bonds is 1. The minimum atomic E-state index is -0.135. The van der Waals surface area contributed by atoms with Crippen LogP contribution >= 0.6 is 15.9 Å². The second-order valence-corrected chi connectivity index (χ2v) is 10.8. The Hall–Kier alpha value is -2.84. The van der Waals surface area contributed by atoms with Crippen LogP contribution in [0.2, 0.25) is 0 Å². The van der Waals surface area contributed by atoms with Crippen molar-refractivity contribution in [3.8, 4) is 11.1 Å². The van der Waals surface area contributed by atoms with E-state index in [1.165, 1.54) is 50.4 Å². The van der Waals surface area contributed by atoms with Gasteiger partial charge in [0.15, 0.2) is 0 Å². The molecular formula is C30H26BrN. The molecular weight excluding hydrogens is 454 g/mol. The van der Waals surface area contributed by atoms with E-state index in [0.29, 0.717) is 0 Å². The minimum Gasteiger partial charge on any atom is -0.309 e. The first kappa shape index (κ1) is 19.8. The van der Waals surface area contributed by atoms with Crippen molar-refractivity contribution in [2.75, 3.05) is 4.90 Å². The van der Waals surface area contributed by atoms with Gasteiger partial charge in [0.1, 0.15) is 0 Å². The summed E-state index contributed by atoms with van der Waals surface area (Å²) in [6.07, 6.45) is 0. The van der Waals surface area contributed by atoms with Gasteiger partial charge < -0.3 is 4.90 Å². The molecule has 0 saturated heterocycles. The van der Waals surface area contributed by atoms with Crippen LogP contribution in [0.5, 0.6) is 0 Å². The van der Waals surface area contributed by atoms with E-state index in [-0.39, 0.29) is 10.8 Å². The lowest BCUT2D eigenvalue weighted by Gasteiger charge is -2.45. The molecule has 32 heavy (non-hydrogen) atoms. The van der Waals surface area contributed by atoms with E-state index in [9.17, 15) is 0 Å². The first-order valence-electron chi connectivity index (χ1n) is 11.3. The van der Waals surface area contributed by atoms with Crippen molar-refractivity contribution >= 4 is 33.0 Å². The van der Waals surface area contributed by atoms with Crippen LogP contribution < -0.4 is 4.90 Å². The Kier molecular flexibility index (Phi) is 4.08. The van der Waals surface area contributed by atoms with Gasteiger partial charge in [0.2, 0.25) is 0 Å². The molecule has 1 nitrogen and oxygen atoms in total. The Labute approximate surface area is 198 Å². The average molecular weight is 480 g/mol. The molecule has 2 aliphatic rings. The van der Waals surface area contributed by atoms with Gasteiger partial charge in [-0.3, -0.25) is 0 Å². The summed E-state index contributed by atoms with van der Waals surface area (Å²) in [6, 6.07) is 30.9. The highest BCUT2D eigenvalue weighted by Gasteiger charge is 2.46. The number of halogens is 1. The van der Waals surface area contributed by atoms with Gasteiger partial charge >= 0.3 is 0 Å². The van der Waals surface area contributed by atoms with Gasteiger partial charge in [-0.25, -0.2) is 0 Å². The van der Waals surface area contributed by atoms with Crippen molar-refractivity contribution < 1.29 is 0 Å². The lowest BCUT2D eigenvalue weighted by Crippen LogP contribution is -2.34. The van der Waals surface area contributed by atoms with Crippen LogP contribution in [0.4, 0.5) is 17.1 Å². The third-order valence-corrected chi connectivity index (χ3v) is 8.05. The van der Waals surface area contributed by atoms with Gasteiger partial charge in [0, 0.05) is 21.0 Å². The summed E-state index contributed by atoms with van der Waals surface area (Å²) >= 11 is 4.02. The van der Waals surface area contributed by atoms with Crippen molar-refractivity contribution in [3.63, 3.8) is 0 Å². The summed E-state index contributed by atoms with van der Waals surface area (Å²) < 4.78 is 1.14. The normalized spacial score (nSPS) is 16.7. The molecule has 4 aromatic carbocycles. The minimum absolute atomic E-state index is 0.0668. The van der Waals surface area contributed by atoms with Crippen LogP contribution in [0.25, 0.3) is 11.1 Å². The van der Waals surface area contributed by atoms with E-state index >= 15 is 0 Å². The highest BCUT2D eigenvalue weighted by Crippen LogP contribution is 2.61. The molecule has 2 heteroatoms. The second-order valence-electron chi connectivity index (χ2n) is 9.99. The molecule has 0 unspecified atom stereocenters. The molecule has 0 aromatic heterocycles. The van der Waals surface area contributed by atoms with Crippen molar-refractivity contribution in [1.82, 2.24) is 0 Å². The third kappa shape index (κ3) is 2.45. The summed E-state index contributed by atoms with van der Waals surface area (Å²) in [5, 5.41) is 0. The van der Waals surface area contributed by atoms with Crippen LogP contribution in [0, 0.1) is 0 Å². The van der Waals surface area contributed by atoms with Crippen molar-refractivity contribution in [3.05, 3.63) is 112 Å². The van der Waals surface area contributed by atoms with Crippen LogP contribution in [0.3, 0.4) is 0 Å². The van der Waals surface area contributed by atoms with Crippen molar-refractivity contribution in [2.24, 2.45) is 0 Å². The summed E-state index contributed by atoms with van der Waals surface area (Å²) in [6.45, 7) is 9.54. The summed E-state index contributed by atoms with van der Waals surface area (Å²) in [4.78, 5) is 2.44. The molecule has 4 aromatic rings. The predicted octanol–water partition coefficient (Wildman–Crippen LogP) is 8.86. The molecule has 0 saturated carbocycles. The lowest BCUT2D eigenvalue weighted by molar-refractivity contribution is 0.583. The van der Waals surface area contributed by atoms with Gasteiger partial charge in [-0.2, -0.15) is 0 Å². The number of nitrogens with zero attached hydrogens (tertiary/aromatic N) is 1. The van der Waals surface area contributed by atoms with E-state index in [1.807, 2.05) is 0 Å². The quantitative estimate of drug-likeness (QED) is 0.263. The Morgan fingerprint density at radius 2 is 1.22 bits per heavy atom. The van der Waals surface area contributed by atoms with Crippen LogP contribution in [-0.2, 0) is 10.8 Å². The van der Waals surface area contributed by atoms with E-state index in [0.717, 1.165) is 4.47 Å². The lowest BCUT2D eigenvalue weighted by atomic mass is 9.67. The summed E-state index contributed by atoms with van der Waals surface area (Å²) in [7, 11) is 0. The van der Waals surface area contributed by atoms with Crippen molar-refractivity contribution in [2.45, 2.75) is 38.5 Å². The largest absolute Gasteiger partial charge is 0.309 e. The van der Waals surface area contributed by atoms with Gasteiger partial charge in [0.25, 0.3) is 0 Å². The van der Waals surface area contributed by atoms with Gasteiger partial charge in [-0.05, 0) is 73.6 Å². The Morgan fingerprint density at radius 1 is 0.625 bits per heavy atom. The van der Waals surface area contributed by atoms with Gasteiger partial charge in [0.05, 0.1) is 11.4 Å². The molecule has 0 atom stereocenters. The third-order valence-electron chi connectivity index (χ3n) is 7.45. The number of benzene rings is 4. The number of fused-ring (bicyclic) bond motifs is 6. The molecule has 1 aliphatic carbocycles. The zero-order valence-electron chi connectivity index (χ0n) is 18.9. The maximum Gasteiger partial charge on any atom is 0.0648 e. The molecule has 158 valence electrons. The smallest absolute Gasteiger partial charge is 0.0648 e. The predicted molar refractivity (Wildman–Crippen MR) is 139 cm³/mol. The second kappa shape index (κ2) is 6.59. The zero-order valence-corrected chi connectivity index (χ0v) is 20.5. The summed E-state index contributed by atoms with van der Waals surface area (Å²) in [5.41, 5.74) is 11.9. The zero-order chi connectivity index (χ0) is 22.3. The Morgan fingerprint density at radius 3 is 1.97 bits per heavy atom. The van der Waals surface area contributed by atoms with Crippen LogP contribution in [-0.4, -0.2) is 0 Å². The van der Waals surface area contributed by atoms with Crippen LogP contribution in [0.1, 0.15) is 49.9 Å². The Bertz CT molecular complexity index is 1380. The van der Waals surface area contributed by atoms with Crippen molar-refractivity contribution in [1.29, 1.82) is 0 Å². The molecule has 0 amide bonds. The number of hydrogen-bond acceptors (Lipinski definition) is 1. The SMILES string of the molecule is CC1(C)c2ccccc2-c2cc(Br)c3c(c21)C(C)(C)c1ccccc1N3c1ccccc1. The molecule has 0 radical (unpaired) electrons. The standard InChI is InChI=1S/C30H26BrN/c1-29(2)22-15-9-8-14-20(22)21-18-24(31)28-27(26(21)29)30(3,4)23-16-10-11-17-25(23)32(28)19-12-6-5-7-13-19/h5-18H,1-4H3. The fraction of sp³-hybridized carbons (Fsp3) is 0.200. The van der Waals surface area contributed by atoms with E-state index < -0.39 is 0 Å². The van der Waals surface area contributed by atoms with Gasteiger partial charge in [-0.15, -0.1) is 0 Å². The highest BCUT2D eigenvalue weighted by molar-refractivity contribution is 9.10. The number of anilines is 3. The maximum absolute atomic E-state index is 4.02. The molecule has 1 aliphatic heterocycles. The molecule has 6 rings (SSSR count). The fourth-order valence-electron chi connectivity index (χ4n) is 6.02. The van der Waals surface area contributed by atoms with E-state index in [2.05, 4.69) is 133 Å². The van der Waals surface area contributed by atoms with E-state index in [4.69, 9.17) is 0 Å². The molecule has 1 heterocycles. The average Bonchev–Trinajstić information content (AvgIpc) is 3.01. The first-order chi connectivity index (χ1) is 15.3. The molecule has 0 spiro atoms. The topological polar surface area (TPSA) is 3.24 Å². The first-order valence-corrected chi connectivity index (χ1v) is 12.0. The summed E-state index contributed by atoms with van der Waals surface area (Å²) in [5.74, 6) is 0. The van der Waals surface area contributed by atoms with E-state index in [1.54, 1.807) is 0 Å². The van der Waals surface area contributed by atoms with Gasteiger partial charge in [-0.1, -0.05) is 88.4 Å². The molecule has 0 fully saturated rings. The fourth-order valence-corrected chi connectivity index (χ4v) is 6.63. The van der Waals surface area contributed by atoms with Crippen LogP contribution in [0.15, 0.2) is 89.4 Å². The molecule has 0 bridgehead atoms. The number of para-hydroxylation sites is 2. The molecule has 0 N–H and O–H groups in total. The monoisotopic (exact) mass is 479 g/mol. The Balaban J connectivity index is 1.78.